The van der Waals surface area contributed by atoms with Crippen LogP contribution in [0.25, 0.3) is 0 Å². The van der Waals surface area contributed by atoms with Crippen LogP contribution < -0.4 is 5.32 Å². The molecule has 6 heteroatoms. The first-order valence-electron chi connectivity index (χ1n) is 10.2. The van der Waals surface area contributed by atoms with Crippen LogP contribution in [-0.2, 0) is 13.1 Å². The van der Waals surface area contributed by atoms with Crippen molar-refractivity contribution in [2.75, 3.05) is 13.1 Å². The number of nitrogens with zero attached hydrogens (tertiary/aromatic N) is 2. The molecule has 0 spiro atoms. The molecule has 1 aliphatic heterocycles. The summed E-state index contributed by atoms with van der Waals surface area (Å²) < 4.78 is 0. The molecule has 0 saturated heterocycles. The lowest BCUT2D eigenvalue weighted by Crippen LogP contribution is -2.43. The van der Waals surface area contributed by atoms with Gasteiger partial charge >= 0.3 is 6.03 Å². The highest BCUT2D eigenvalue weighted by molar-refractivity contribution is 6.21. The van der Waals surface area contributed by atoms with Gasteiger partial charge in [0.25, 0.3) is 11.8 Å². The number of carbonyl (C=O) groups excluding carboxylic acids is 3. The van der Waals surface area contributed by atoms with Gasteiger partial charge in [-0.1, -0.05) is 72.8 Å². The van der Waals surface area contributed by atoms with Crippen LogP contribution in [0.2, 0.25) is 0 Å². The lowest BCUT2D eigenvalue weighted by atomic mass is 10.1. The molecule has 4 rings (SSSR count). The van der Waals surface area contributed by atoms with E-state index >= 15 is 0 Å². The van der Waals surface area contributed by atoms with Crippen LogP contribution in [0.1, 0.15) is 31.8 Å². The highest BCUT2D eigenvalue weighted by Crippen LogP contribution is 2.21. The fourth-order valence-corrected chi connectivity index (χ4v) is 3.64. The van der Waals surface area contributed by atoms with Gasteiger partial charge in [-0.2, -0.15) is 0 Å². The van der Waals surface area contributed by atoms with Crippen LogP contribution in [-0.4, -0.2) is 40.7 Å². The first kappa shape index (κ1) is 20.3. The zero-order chi connectivity index (χ0) is 21.6. The topological polar surface area (TPSA) is 69.7 Å². The zero-order valence-electron chi connectivity index (χ0n) is 17.0. The van der Waals surface area contributed by atoms with Gasteiger partial charge in [-0.15, -0.1) is 0 Å². The predicted molar refractivity (Wildman–Crippen MR) is 117 cm³/mol. The van der Waals surface area contributed by atoms with Crippen LogP contribution in [0.3, 0.4) is 0 Å². The molecule has 4 amide bonds. The molecule has 0 aromatic heterocycles. The first-order valence-corrected chi connectivity index (χ1v) is 10.2. The number of hydrogen-bond acceptors (Lipinski definition) is 3. The number of urea groups is 1. The third-order valence-corrected chi connectivity index (χ3v) is 5.21. The van der Waals surface area contributed by atoms with Crippen molar-refractivity contribution < 1.29 is 14.4 Å². The molecule has 3 aromatic carbocycles. The van der Waals surface area contributed by atoms with Crippen molar-refractivity contribution in [3.05, 3.63) is 107 Å². The first-order chi connectivity index (χ1) is 15.1. The highest BCUT2D eigenvalue weighted by atomic mass is 16.2. The summed E-state index contributed by atoms with van der Waals surface area (Å²) in [4.78, 5) is 40.8. The number of nitrogens with one attached hydrogen (secondary N) is 1. The van der Waals surface area contributed by atoms with Gasteiger partial charge in [0.15, 0.2) is 0 Å². The summed E-state index contributed by atoms with van der Waals surface area (Å²) in [6.07, 6.45) is 0. The maximum absolute atomic E-state index is 12.9. The van der Waals surface area contributed by atoms with E-state index in [2.05, 4.69) is 5.32 Å². The lowest BCUT2D eigenvalue weighted by Gasteiger charge is -2.24. The molecule has 3 aromatic rings. The summed E-state index contributed by atoms with van der Waals surface area (Å²) in [6.45, 7) is 1.22. The molecule has 1 heterocycles. The van der Waals surface area contributed by atoms with Crippen LogP contribution in [0, 0.1) is 0 Å². The van der Waals surface area contributed by atoms with Crippen molar-refractivity contribution in [2.24, 2.45) is 0 Å². The summed E-state index contributed by atoms with van der Waals surface area (Å²) in [6, 6.07) is 26.1. The van der Waals surface area contributed by atoms with E-state index in [4.69, 9.17) is 0 Å². The van der Waals surface area contributed by atoms with Gasteiger partial charge in [0.2, 0.25) is 0 Å². The van der Waals surface area contributed by atoms with E-state index in [1.807, 2.05) is 60.7 Å². The van der Waals surface area contributed by atoms with Crippen molar-refractivity contribution in [3.8, 4) is 0 Å². The van der Waals surface area contributed by atoms with Crippen molar-refractivity contribution in [2.45, 2.75) is 13.1 Å². The Labute approximate surface area is 181 Å². The van der Waals surface area contributed by atoms with Crippen molar-refractivity contribution in [1.29, 1.82) is 0 Å². The standard InChI is InChI=1S/C25H23N3O3/c29-23-21-13-7-8-14-22(21)24(30)28(23)16-15-26-25(31)27(17-19-9-3-1-4-10-19)18-20-11-5-2-6-12-20/h1-14H,15-18H2,(H,26,31). The van der Waals surface area contributed by atoms with Crippen molar-refractivity contribution in [3.63, 3.8) is 0 Å². The molecule has 1 aliphatic rings. The van der Waals surface area contributed by atoms with Crippen LogP contribution in [0.5, 0.6) is 0 Å². The summed E-state index contributed by atoms with van der Waals surface area (Å²) >= 11 is 0. The van der Waals surface area contributed by atoms with E-state index in [1.165, 1.54) is 4.90 Å². The number of amides is 4. The second kappa shape index (κ2) is 9.26. The molecular weight excluding hydrogens is 390 g/mol. The van der Waals surface area contributed by atoms with Crippen LogP contribution in [0.15, 0.2) is 84.9 Å². The Morgan fingerprint density at radius 1 is 0.710 bits per heavy atom. The fourth-order valence-electron chi connectivity index (χ4n) is 3.64. The largest absolute Gasteiger partial charge is 0.336 e. The van der Waals surface area contributed by atoms with E-state index < -0.39 is 0 Å². The van der Waals surface area contributed by atoms with E-state index in [0.29, 0.717) is 24.2 Å². The predicted octanol–water partition coefficient (Wildman–Crippen LogP) is 3.69. The number of hydrogen-bond donors (Lipinski definition) is 1. The van der Waals surface area contributed by atoms with E-state index in [0.717, 1.165) is 11.1 Å². The molecule has 0 saturated carbocycles. The molecule has 0 atom stereocenters. The minimum absolute atomic E-state index is 0.128. The molecule has 0 aliphatic carbocycles. The third-order valence-electron chi connectivity index (χ3n) is 5.21. The van der Waals surface area contributed by atoms with Crippen molar-refractivity contribution in [1.82, 2.24) is 15.1 Å². The smallest absolute Gasteiger partial charge is 0.318 e. The SMILES string of the molecule is O=C(NCCN1C(=O)c2ccccc2C1=O)N(Cc1ccccc1)Cc1ccccc1. The van der Waals surface area contributed by atoms with Gasteiger partial charge < -0.3 is 10.2 Å². The Hall–Kier alpha value is -3.93. The van der Waals surface area contributed by atoms with Crippen LogP contribution >= 0.6 is 0 Å². The maximum atomic E-state index is 12.9. The van der Waals surface area contributed by atoms with Crippen LogP contribution in [0.4, 0.5) is 4.79 Å². The Morgan fingerprint density at radius 3 is 1.65 bits per heavy atom. The van der Waals surface area contributed by atoms with E-state index in [9.17, 15) is 14.4 Å². The highest BCUT2D eigenvalue weighted by Gasteiger charge is 2.34. The average molecular weight is 413 g/mol. The summed E-state index contributed by atoms with van der Waals surface area (Å²) in [5, 5.41) is 2.86. The molecule has 6 nitrogen and oxygen atoms in total. The quantitative estimate of drug-likeness (QED) is 0.601. The van der Waals surface area contributed by atoms with Gasteiger partial charge in [0.05, 0.1) is 11.1 Å². The van der Waals surface area contributed by atoms with Gasteiger partial charge in [-0.3, -0.25) is 14.5 Å². The molecule has 0 unspecified atom stereocenters. The molecule has 1 N–H and O–H groups in total. The average Bonchev–Trinajstić information content (AvgIpc) is 3.05. The van der Waals surface area contributed by atoms with E-state index in [1.54, 1.807) is 29.2 Å². The molecular formula is C25H23N3O3. The number of carbonyl (C=O) groups is 3. The Kier molecular flexibility index (Phi) is 6.08. The monoisotopic (exact) mass is 413 g/mol. The zero-order valence-corrected chi connectivity index (χ0v) is 17.0. The minimum atomic E-state index is -0.319. The summed E-state index contributed by atoms with van der Waals surface area (Å²) in [7, 11) is 0. The number of fused-ring (bicyclic) bond motifs is 1. The Balaban J connectivity index is 1.39. The van der Waals surface area contributed by atoms with Gasteiger partial charge in [0, 0.05) is 26.2 Å². The molecule has 31 heavy (non-hydrogen) atoms. The number of rotatable bonds is 7. The second-order valence-corrected chi connectivity index (χ2v) is 7.37. The molecule has 0 bridgehead atoms. The van der Waals surface area contributed by atoms with Gasteiger partial charge in [0.1, 0.15) is 0 Å². The van der Waals surface area contributed by atoms with E-state index in [-0.39, 0.29) is 30.9 Å². The summed E-state index contributed by atoms with van der Waals surface area (Å²) in [5.41, 5.74) is 2.87. The third kappa shape index (κ3) is 4.64. The number of imide groups is 1. The van der Waals surface area contributed by atoms with Gasteiger partial charge in [-0.25, -0.2) is 4.79 Å². The maximum Gasteiger partial charge on any atom is 0.318 e. The molecule has 0 fully saturated rings. The molecule has 0 radical (unpaired) electrons. The normalized spacial score (nSPS) is 12.6. The van der Waals surface area contributed by atoms with Gasteiger partial charge in [-0.05, 0) is 23.3 Å². The Bertz CT molecular complexity index is 1010. The van der Waals surface area contributed by atoms with Crippen molar-refractivity contribution >= 4 is 17.8 Å². The molecule has 156 valence electrons. The minimum Gasteiger partial charge on any atom is -0.336 e. The number of benzene rings is 3. The lowest BCUT2D eigenvalue weighted by molar-refractivity contribution is 0.0655. The second-order valence-electron chi connectivity index (χ2n) is 7.37. The Morgan fingerprint density at radius 2 is 1.16 bits per heavy atom. The fraction of sp³-hybridized carbons (Fsp3) is 0.160. The summed E-state index contributed by atoms with van der Waals surface area (Å²) in [5.74, 6) is -0.638.